The summed E-state index contributed by atoms with van der Waals surface area (Å²) in [4.78, 5) is 22.0. The van der Waals surface area contributed by atoms with Gasteiger partial charge in [0.05, 0.1) is 17.2 Å². The van der Waals surface area contributed by atoms with Gasteiger partial charge in [-0.3, -0.25) is 4.79 Å². The highest BCUT2D eigenvalue weighted by atomic mass is 35.5. The molecule has 1 aromatic rings. The summed E-state index contributed by atoms with van der Waals surface area (Å²) in [6, 6.07) is 2.39. The Kier molecular flexibility index (Phi) is 4.58. The zero-order valence-electron chi connectivity index (χ0n) is 9.11. The van der Waals surface area contributed by atoms with E-state index in [9.17, 15) is 19.8 Å². The smallest absolute Gasteiger partial charge is 0.378 e. The second-order valence-electron chi connectivity index (χ2n) is 3.17. The molecule has 0 atom stereocenters. The topological polar surface area (TPSA) is 83.8 Å². The molecule has 0 bridgehead atoms. The Balaban J connectivity index is 3.12. The number of hydrogen-bond donors (Lipinski definition) is 2. The maximum atomic E-state index is 11.2. The fraction of sp³-hybridized carbons (Fsp3) is 0.0909. The van der Waals surface area contributed by atoms with Crippen LogP contribution in [0.2, 0.25) is 10.0 Å². The fourth-order valence-corrected chi connectivity index (χ4v) is 1.57. The normalized spacial score (nSPS) is 11.2. The molecule has 1 aromatic carbocycles. The van der Waals surface area contributed by atoms with Gasteiger partial charge in [-0.2, -0.15) is 0 Å². The number of phenolic OH excluding ortho intramolecular Hbond substituents is 1. The average Bonchev–Trinajstić information content (AvgIpc) is 2.33. The second-order valence-corrected chi connectivity index (χ2v) is 3.99. The Labute approximate surface area is 112 Å². The van der Waals surface area contributed by atoms with Crippen molar-refractivity contribution in [3.63, 3.8) is 0 Å². The number of ether oxygens (including phenoxy) is 1. The average molecular weight is 291 g/mol. The summed E-state index contributed by atoms with van der Waals surface area (Å²) in [5, 5.41) is 18.7. The maximum absolute atomic E-state index is 11.2. The quantitative estimate of drug-likeness (QED) is 0.386. The van der Waals surface area contributed by atoms with Crippen LogP contribution in [0.15, 0.2) is 18.2 Å². The summed E-state index contributed by atoms with van der Waals surface area (Å²) in [7, 11) is 1.04. The molecule has 0 saturated carbocycles. The third kappa shape index (κ3) is 3.15. The number of ketones is 1. The molecule has 0 heterocycles. The van der Waals surface area contributed by atoms with Crippen molar-refractivity contribution in [3.8, 4) is 5.75 Å². The number of benzene rings is 1. The van der Waals surface area contributed by atoms with E-state index in [1.165, 1.54) is 12.1 Å². The number of rotatable bonds is 3. The summed E-state index contributed by atoms with van der Waals surface area (Å²) in [6.45, 7) is 0. The lowest BCUT2D eigenvalue weighted by molar-refractivity contribution is -0.149. The van der Waals surface area contributed by atoms with Crippen LogP contribution in [-0.4, -0.2) is 29.1 Å². The van der Waals surface area contributed by atoms with Gasteiger partial charge in [-0.1, -0.05) is 23.2 Å². The molecule has 0 fully saturated rings. The van der Waals surface area contributed by atoms with Crippen molar-refractivity contribution in [2.45, 2.75) is 0 Å². The van der Waals surface area contributed by atoms with Crippen molar-refractivity contribution in [2.24, 2.45) is 0 Å². The third-order valence-electron chi connectivity index (χ3n) is 1.97. The summed E-state index contributed by atoms with van der Waals surface area (Å²) in [5.41, 5.74) is 0.0834. The Morgan fingerprint density at radius 1 is 1.28 bits per heavy atom. The second kappa shape index (κ2) is 5.75. The highest BCUT2D eigenvalue weighted by molar-refractivity contribution is 6.39. The van der Waals surface area contributed by atoms with E-state index in [2.05, 4.69) is 4.74 Å². The number of phenols is 1. The molecule has 0 aliphatic heterocycles. The maximum Gasteiger partial charge on any atom is 0.378 e. The number of aliphatic hydroxyl groups excluding tert-OH is 1. The first kappa shape index (κ1) is 14.3. The molecule has 0 saturated heterocycles. The standard InChI is InChI=1S/C11H8Cl2O5/c1-18-11(17)9(15)4-8(14)5-2-6(12)10(16)7(13)3-5/h2-4,14,16H,1H3/b8-4-. The number of carbonyl (C=O) groups is 2. The van der Waals surface area contributed by atoms with Crippen molar-refractivity contribution >= 4 is 40.7 Å². The lowest BCUT2D eigenvalue weighted by Crippen LogP contribution is -2.13. The molecular weight excluding hydrogens is 283 g/mol. The first-order valence-corrected chi connectivity index (χ1v) is 5.33. The largest absolute Gasteiger partial charge is 0.507 e. The number of halogens is 2. The van der Waals surface area contributed by atoms with Crippen LogP contribution >= 0.6 is 23.2 Å². The highest BCUT2D eigenvalue weighted by Crippen LogP contribution is 2.34. The number of aliphatic hydroxyl groups is 1. The Hall–Kier alpha value is -1.72. The molecule has 18 heavy (non-hydrogen) atoms. The molecule has 5 nitrogen and oxygen atoms in total. The van der Waals surface area contributed by atoms with Gasteiger partial charge >= 0.3 is 5.97 Å². The lowest BCUT2D eigenvalue weighted by Gasteiger charge is -2.04. The minimum atomic E-state index is -1.11. The van der Waals surface area contributed by atoms with Crippen LogP contribution < -0.4 is 0 Å². The van der Waals surface area contributed by atoms with Crippen LogP contribution in [-0.2, 0) is 14.3 Å². The summed E-state index contributed by atoms with van der Waals surface area (Å²) < 4.78 is 4.18. The summed E-state index contributed by atoms with van der Waals surface area (Å²) in [6.07, 6.45) is 0.672. The fourth-order valence-electron chi connectivity index (χ4n) is 1.08. The molecule has 0 radical (unpaired) electrons. The zero-order chi connectivity index (χ0) is 13.9. The van der Waals surface area contributed by atoms with Gasteiger partial charge in [-0.15, -0.1) is 0 Å². The molecule has 1 rings (SSSR count). The first-order chi connectivity index (χ1) is 8.36. The van der Waals surface area contributed by atoms with Crippen molar-refractivity contribution in [1.82, 2.24) is 0 Å². The molecule has 7 heteroatoms. The van der Waals surface area contributed by atoms with E-state index in [0.29, 0.717) is 6.08 Å². The number of methoxy groups -OCH3 is 1. The van der Waals surface area contributed by atoms with Crippen LogP contribution in [0.4, 0.5) is 0 Å². The van der Waals surface area contributed by atoms with Crippen molar-refractivity contribution in [2.75, 3.05) is 7.11 Å². The molecule has 0 aliphatic carbocycles. The predicted octanol–water partition coefficient (Wildman–Crippen LogP) is 2.34. The molecule has 0 aromatic heterocycles. The van der Waals surface area contributed by atoms with Crippen molar-refractivity contribution < 1.29 is 24.5 Å². The SMILES string of the molecule is COC(=O)C(=O)/C=C(\O)c1cc(Cl)c(O)c(Cl)c1. The van der Waals surface area contributed by atoms with Crippen LogP contribution in [0.1, 0.15) is 5.56 Å². The molecular formula is C11H8Cl2O5. The highest BCUT2D eigenvalue weighted by Gasteiger charge is 2.14. The van der Waals surface area contributed by atoms with Gasteiger partial charge in [0.25, 0.3) is 5.78 Å². The Morgan fingerprint density at radius 3 is 2.22 bits per heavy atom. The molecule has 0 amide bonds. The van der Waals surface area contributed by atoms with E-state index < -0.39 is 17.5 Å². The van der Waals surface area contributed by atoms with Gasteiger partial charge in [-0.05, 0) is 12.1 Å². The number of carbonyl (C=O) groups excluding carboxylic acids is 2. The van der Waals surface area contributed by atoms with Gasteiger partial charge in [0, 0.05) is 11.6 Å². The molecule has 0 spiro atoms. The third-order valence-corrected chi connectivity index (χ3v) is 2.54. The van der Waals surface area contributed by atoms with Crippen molar-refractivity contribution in [1.29, 1.82) is 0 Å². The zero-order valence-corrected chi connectivity index (χ0v) is 10.6. The van der Waals surface area contributed by atoms with E-state index in [0.717, 1.165) is 7.11 Å². The van der Waals surface area contributed by atoms with Crippen molar-refractivity contribution in [3.05, 3.63) is 33.8 Å². The molecule has 2 N–H and O–H groups in total. The molecule has 96 valence electrons. The molecule has 0 unspecified atom stereocenters. The monoisotopic (exact) mass is 290 g/mol. The van der Waals surface area contributed by atoms with E-state index >= 15 is 0 Å². The Morgan fingerprint density at radius 2 is 1.78 bits per heavy atom. The van der Waals surface area contributed by atoms with Crippen LogP contribution in [0.3, 0.4) is 0 Å². The van der Waals surface area contributed by atoms with Crippen LogP contribution in [0.25, 0.3) is 5.76 Å². The van der Waals surface area contributed by atoms with Gasteiger partial charge in [0.1, 0.15) is 5.76 Å². The van der Waals surface area contributed by atoms with E-state index in [1.54, 1.807) is 0 Å². The minimum absolute atomic E-state index is 0.0834. The predicted molar refractivity (Wildman–Crippen MR) is 65.8 cm³/mol. The lowest BCUT2D eigenvalue weighted by atomic mass is 10.1. The molecule has 0 aliphatic rings. The number of aromatic hydroxyl groups is 1. The Bertz CT molecular complexity index is 513. The van der Waals surface area contributed by atoms with Gasteiger partial charge < -0.3 is 14.9 Å². The summed E-state index contributed by atoms with van der Waals surface area (Å²) in [5.74, 6) is -3.00. The summed E-state index contributed by atoms with van der Waals surface area (Å²) >= 11 is 11.3. The van der Waals surface area contributed by atoms with Gasteiger partial charge in [-0.25, -0.2) is 4.79 Å². The van der Waals surface area contributed by atoms with E-state index in [-0.39, 0.29) is 21.4 Å². The number of hydrogen-bond acceptors (Lipinski definition) is 5. The first-order valence-electron chi connectivity index (χ1n) is 4.58. The minimum Gasteiger partial charge on any atom is -0.507 e. The number of esters is 1. The van der Waals surface area contributed by atoms with E-state index in [1.807, 2.05) is 0 Å². The van der Waals surface area contributed by atoms with Crippen LogP contribution in [0.5, 0.6) is 5.75 Å². The van der Waals surface area contributed by atoms with Gasteiger partial charge in [0.15, 0.2) is 5.75 Å². The van der Waals surface area contributed by atoms with Crippen LogP contribution in [0, 0.1) is 0 Å². The van der Waals surface area contributed by atoms with Gasteiger partial charge in [0.2, 0.25) is 0 Å². The van der Waals surface area contributed by atoms with E-state index in [4.69, 9.17) is 23.2 Å².